The summed E-state index contributed by atoms with van der Waals surface area (Å²) in [5, 5.41) is 6.06. The number of carbonyl (C=O) groups excluding carboxylic acids is 2. The van der Waals surface area contributed by atoms with E-state index >= 15 is 0 Å². The highest BCUT2D eigenvalue weighted by molar-refractivity contribution is 5.76. The topological polar surface area (TPSA) is 104 Å². The van der Waals surface area contributed by atoms with Crippen molar-refractivity contribution in [2.24, 2.45) is 0 Å². The molecule has 0 aliphatic carbocycles. The quantitative estimate of drug-likeness (QED) is 0.471. The molecular formula is C25H30N6O3. The number of carbonyl (C=O) groups is 2. The zero-order valence-corrected chi connectivity index (χ0v) is 19.4. The Morgan fingerprint density at radius 2 is 1.79 bits per heavy atom. The highest BCUT2D eigenvalue weighted by atomic mass is 16.3. The third kappa shape index (κ3) is 6.34. The Hall–Kier alpha value is -3.88. The summed E-state index contributed by atoms with van der Waals surface area (Å²) in [6.45, 7) is 5.25. The van der Waals surface area contributed by atoms with Crippen molar-refractivity contribution in [1.82, 2.24) is 20.2 Å². The fourth-order valence-electron chi connectivity index (χ4n) is 3.86. The molecule has 0 saturated carbocycles. The number of amides is 2. The number of benzene rings is 1. The molecule has 4 rings (SSSR count). The molecule has 0 atom stereocenters. The molecule has 0 bridgehead atoms. The second kappa shape index (κ2) is 11.3. The first-order valence-corrected chi connectivity index (χ1v) is 11.6. The molecule has 2 amide bonds. The average Bonchev–Trinajstić information content (AvgIpc) is 3.39. The number of anilines is 2. The van der Waals surface area contributed by atoms with Gasteiger partial charge in [-0.2, -0.15) is 0 Å². The monoisotopic (exact) mass is 462 g/mol. The molecule has 1 saturated heterocycles. The minimum absolute atomic E-state index is 0.0632. The summed E-state index contributed by atoms with van der Waals surface area (Å²) in [4.78, 5) is 37.3. The Balaban J connectivity index is 1.41. The number of aromatic nitrogens is 2. The highest BCUT2D eigenvalue weighted by Gasteiger charge is 2.23. The molecule has 1 aromatic carbocycles. The fourth-order valence-corrected chi connectivity index (χ4v) is 3.86. The number of hydrogen-bond acceptors (Lipinski definition) is 7. The van der Waals surface area contributed by atoms with Crippen LogP contribution in [0, 0.1) is 0 Å². The summed E-state index contributed by atoms with van der Waals surface area (Å²) in [6, 6.07) is 15.5. The van der Waals surface area contributed by atoms with Gasteiger partial charge >= 0.3 is 0 Å². The largest absolute Gasteiger partial charge is 0.469 e. The van der Waals surface area contributed by atoms with E-state index in [1.54, 1.807) is 6.26 Å². The predicted molar refractivity (Wildman–Crippen MR) is 130 cm³/mol. The van der Waals surface area contributed by atoms with E-state index in [4.69, 9.17) is 9.40 Å². The van der Waals surface area contributed by atoms with Crippen molar-refractivity contribution in [2.45, 2.75) is 19.8 Å². The minimum atomic E-state index is -0.0632. The van der Waals surface area contributed by atoms with Crippen LogP contribution in [0.3, 0.4) is 0 Å². The van der Waals surface area contributed by atoms with Crippen LogP contribution in [0.15, 0.2) is 59.2 Å². The number of piperazine rings is 1. The van der Waals surface area contributed by atoms with Crippen molar-refractivity contribution >= 4 is 23.5 Å². The van der Waals surface area contributed by atoms with Crippen molar-refractivity contribution in [2.75, 3.05) is 49.5 Å². The Morgan fingerprint density at radius 3 is 2.50 bits per heavy atom. The Bertz CT molecular complexity index is 1080. The lowest BCUT2D eigenvalue weighted by molar-refractivity contribution is -0.131. The van der Waals surface area contributed by atoms with Crippen molar-refractivity contribution in [3.8, 4) is 11.4 Å². The summed E-state index contributed by atoms with van der Waals surface area (Å²) >= 11 is 0. The van der Waals surface area contributed by atoms with Crippen molar-refractivity contribution in [3.05, 3.63) is 60.6 Å². The first-order chi connectivity index (χ1) is 16.6. The van der Waals surface area contributed by atoms with Gasteiger partial charge in [-0.05, 0) is 12.1 Å². The van der Waals surface area contributed by atoms with E-state index in [9.17, 15) is 9.59 Å². The van der Waals surface area contributed by atoms with Crippen LogP contribution in [-0.4, -0.2) is 66.0 Å². The van der Waals surface area contributed by atoms with Crippen molar-refractivity contribution in [1.29, 1.82) is 0 Å². The molecule has 3 aromatic rings. The molecule has 9 nitrogen and oxygen atoms in total. The molecular weight excluding hydrogens is 432 g/mol. The number of aryl methyl sites for hydroxylation is 1. The molecule has 9 heteroatoms. The molecule has 1 fully saturated rings. The van der Waals surface area contributed by atoms with Gasteiger partial charge in [0, 0.05) is 70.7 Å². The van der Waals surface area contributed by atoms with Crippen LogP contribution in [0.1, 0.15) is 19.1 Å². The maximum absolute atomic E-state index is 12.6. The third-order valence-corrected chi connectivity index (χ3v) is 5.67. The van der Waals surface area contributed by atoms with Gasteiger partial charge in [-0.3, -0.25) is 9.59 Å². The summed E-state index contributed by atoms with van der Waals surface area (Å²) in [6.07, 6.45) is 2.69. The Morgan fingerprint density at radius 1 is 1.00 bits per heavy atom. The molecule has 3 heterocycles. The Labute approximate surface area is 199 Å². The summed E-state index contributed by atoms with van der Waals surface area (Å²) < 4.78 is 5.33. The van der Waals surface area contributed by atoms with Crippen LogP contribution in [-0.2, 0) is 16.0 Å². The van der Waals surface area contributed by atoms with E-state index in [0.29, 0.717) is 63.8 Å². The lowest BCUT2D eigenvalue weighted by Gasteiger charge is -2.35. The molecule has 1 aliphatic rings. The van der Waals surface area contributed by atoms with Gasteiger partial charge in [0.05, 0.1) is 6.26 Å². The normalized spacial score (nSPS) is 13.6. The van der Waals surface area contributed by atoms with Gasteiger partial charge in [-0.15, -0.1) is 0 Å². The van der Waals surface area contributed by atoms with Gasteiger partial charge in [-0.1, -0.05) is 30.3 Å². The molecule has 0 spiro atoms. The average molecular weight is 463 g/mol. The summed E-state index contributed by atoms with van der Waals surface area (Å²) in [7, 11) is 0. The maximum atomic E-state index is 12.6. The van der Waals surface area contributed by atoms with E-state index in [1.807, 2.05) is 53.4 Å². The molecule has 1 aliphatic heterocycles. The van der Waals surface area contributed by atoms with Gasteiger partial charge < -0.3 is 24.9 Å². The first-order valence-electron chi connectivity index (χ1n) is 11.6. The number of hydrogen-bond donors (Lipinski definition) is 2. The molecule has 0 unspecified atom stereocenters. The lowest BCUT2D eigenvalue weighted by Crippen LogP contribution is -2.49. The van der Waals surface area contributed by atoms with Gasteiger partial charge in [0.15, 0.2) is 5.82 Å². The van der Waals surface area contributed by atoms with Crippen LogP contribution in [0.5, 0.6) is 0 Å². The lowest BCUT2D eigenvalue weighted by atomic mass is 10.2. The van der Waals surface area contributed by atoms with Gasteiger partial charge in [0.2, 0.25) is 11.8 Å². The Kier molecular flexibility index (Phi) is 7.75. The summed E-state index contributed by atoms with van der Waals surface area (Å²) in [5.41, 5.74) is 0.931. The van der Waals surface area contributed by atoms with Gasteiger partial charge in [0.1, 0.15) is 17.4 Å². The van der Waals surface area contributed by atoms with E-state index in [2.05, 4.69) is 20.5 Å². The second-order valence-corrected chi connectivity index (χ2v) is 8.16. The minimum Gasteiger partial charge on any atom is -0.469 e. The standard InChI is InChI=1S/C25H30N6O3/c1-19(32)26-11-12-27-22-18-23(29-25(28-22)20-6-3-2-4-7-20)30-13-15-31(16-14-30)24(33)10-9-21-8-5-17-34-21/h2-8,17-18H,9-16H2,1H3,(H,26,32)(H,27,28,29). The van der Waals surface area contributed by atoms with Crippen LogP contribution in [0.2, 0.25) is 0 Å². The maximum Gasteiger partial charge on any atom is 0.223 e. The highest BCUT2D eigenvalue weighted by Crippen LogP contribution is 2.23. The van der Waals surface area contributed by atoms with E-state index in [-0.39, 0.29) is 11.8 Å². The van der Waals surface area contributed by atoms with Crippen molar-refractivity contribution < 1.29 is 14.0 Å². The SMILES string of the molecule is CC(=O)NCCNc1cc(N2CCN(C(=O)CCc3ccco3)CC2)nc(-c2ccccc2)n1. The summed E-state index contributed by atoms with van der Waals surface area (Å²) in [5.74, 6) is 3.07. The fraction of sp³-hybridized carbons (Fsp3) is 0.360. The van der Waals surface area contributed by atoms with Gasteiger partial charge in [-0.25, -0.2) is 9.97 Å². The zero-order valence-electron chi connectivity index (χ0n) is 19.4. The first kappa shape index (κ1) is 23.3. The molecule has 2 N–H and O–H groups in total. The molecule has 0 radical (unpaired) electrons. The van der Waals surface area contributed by atoms with E-state index < -0.39 is 0 Å². The second-order valence-electron chi connectivity index (χ2n) is 8.16. The zero-order chi connectivity index (χ0) is 23.8. The van der Waals surface area contributed by atoms with Crippen LogP contribution < -0.4 is 15.5 Å². The van der Waals surface area contributed by atoms with Crippen LogP contribution in [0.4, 0.5) is 11.6 Å². The van der Waals surface area contributed by atoms with E-state index in [0.717, 1.165) is 17.1 Å². The smallest absolute Gasteiger partial charge is 0.223 e. The molecule has 34 heavy (non-hydrogen) atoms. The predicted octanol–water partition coefficient (Wildman–Crippen LogP) is 2.57. The number of furan rings is 1. The number of rotatable bonds is 9. The number of nitrogens with zero attached hydrogens (tertiary/aromatic N) is 4. The van der Waals surface area contributed by atoms with Crippen molar-refractivity contribution in [3.63, 3.8) is 0 Å². The number of nitrogens with one attached hydrogen (secondary N) is 2. The van der Waals surface area contributed by atoms with Crippen LogP contribution in [0.25, 0.3) is 11.4 Å². The van der Waals surface area contributed by atoms with Crippen LogP contribution >= 0.6 is 0 Å². The van der Waals surface area contributed by atoms with E-state index in [1.165, 1.54) is 6.92 Å². The molecule has 2 aromatic heterocycles. The van der Waals surface area contributed by atoms with Gasteiger partial charge in [0.25, 0.3) is 0 Å². The molecule has 178 valence electrons. The third-order valence-electron chi connectivity index (χ3n) is 5.67.